The molecule has 3 aromatic heterocycles. The fourth-order valence-corrected chi connectivity index (χ4v) is 3.83. The Morgan fingerprint density at radius 3 is 3.04 bits per heavy atom. The summed E-state index contributed by atoms with van der Waals surface area (Å²) < 4.78 is 1.64. The Morgan fingerprint density at radius 1 is 1.35 bits per heavy atom. The van der Waals surface area contributed by atoms with E-state index in [0.29, 0.717) is 17.9 Å². The van der Waals surface area contributed by atoms with Gasteiger partial charge in [-0.2, -0.15) is 5.10 Å². The summed E-state index contributed by atoms with van der Waals surface area (Å²) >= 11 is 1.74. The molecule has 0 bridgehead atoms. The van der Waals surface area contributed by atoms with Crippen molar-refractivity contribution >= 4 is 22.9 Å². The fraction of sp³-hybridized carbons (Fsp3) is 0.312. The lowest BCUT2D eigenvalue weighted by Gasteiger charge is -2.38. The number of hydrogen-bond acceptors (Lipinski definition) is 5. The molecule has 23 heavy (non-hydrogen) atoms. The molecule has 7 heteroatoms. The number of amides is 1. The molecule has 0 N–H and O–H groups in total. The number of rotatable bonds is 2. The van der Waals surface area contributed by atoms with Crippen LogP contribution in [0, 0.1) is 0 Å². The summed E-state index contributed by atoms with van der Waals surface area (Å²) in [7, 11) is 2.11. The van der Waals surface area contributed by atoms with Gasteiger partial charge in [0.25, 0.3) is 5.91 Å². The van der Waals surface area contributed by atoms with E-state index in [1.807, 2.05) is 4.90 Å². The number of aromatic nitrogens is 3. The second-order valence-corrected chi connectivity index (χ2v) is 6.69. The maximum Gasteiger partial charge on any atom is 0.274 e. The SMILES string of the molecule is CN1CCN(C(=O)c2cc3ncccn3n2)CC1c1cccs1. The lowest BCUT2D eigenvalue weighted by atomic mass is 10.1. The van der Waals surface area contributed by atoms with Crippen LogP contribution in [0.4, 0.5) is 0 Å². The van der Waals surface area contributed by atoms with Crippen LogP contribution in [0.25, 0.3) is 5.65 Å². The maximum absolute atomic E-state index is 12.8. The van der Waals surface area contributed by atoms with Gasteiger partial charge in [-0.3, -0.25) is 9.69 Å². The summed E-state index contributed by atoms with van der Waals surface area (Å²) in [4.78, 5) is 22.5. The molecular weight excluding hydrogens is 310 g/mol. The molecule has 1 aliphatic heterocycles. The second kappa shape index (κ2) is 5.75. The normalized spacial score (nSPS) is 19.3. The van der Waals surface area contributed by atoms with E-state index in [1.165, 1.54) is 4.88 Å². The van der Waals surface area contributed by atoms with E-state index in [9.17, 15) is 4.79 Å². The minimum Gasteiger partial charge on any atom is -0.334 e. The van der Waals surface area contributed by atoms with Crippen LogP contribution in [-0.2, 0) is 0 Å². The molecule has 4 rings (SSSR count). The third kappa shape index (κ3) is 2.62. The van der Waals surface area contributed by atoms with Crippen LogP contribution < -0.4 is 0 Å². The van der Waals surface area contributed by atoms with Crippen LogP contribution in [0.15, 0.2) is 42.0 Å². The molecule has 3 aromatic rings. The molecule has 1 saturated heterocycles. The van der Waals surface area contributed by atoms with E-state index in [2.05, 4.69) is 39.5 Å². The number of carbonyl (C=O) groups is 1. The molecule has 1 unspecified atom stereocenters. The van der Waals surface area contributed by atoms with E-state index in [-0.39, 0.29) is 11.9 Å². The molecule has 0 aromatic carbocycles. The van der Waals surface area contributed by atoms with Crippen LogP contribution in [0.3, 0.4) is 0 Å². The molecule has 118 valence electrons. The summed E-state index contributed by atoms with van der Waals surface area (Å²) in [6.07, 6.45) is 3.51. The Kier molecular flexibility index (Phi) is 3.59. The first-order valence-corrected chi connectivity index (χ1v) is 8.43. The molecule has 1 atom stereocenters. The third-order valence-corrected chi connectivity index (χ3v) is 5.24. The van der Waals surface area contributed by atoms with Gasteiger partial charge in [-0.1, -0.05) is 6.07 Å². The highest BCUT2D eigenvalue weighted by molar-refractivity contribution is 7.10. The molecule has 0 spiro atoms. The highest BCUT2D eigenvalue weighted by atomic mass is 32.1. The van der Waals surface area contributed by atoms with Gasteiger partial charge in [0.15, 0.2) is 11.3 Å². The zero-order chi connectivity index (χ0) is 15.8. The Balaban J connectivity index is 1.58. The summed E-state index contributed by atoms with van der Waals surface area (Å²) in [6.45, 7) is 2.27. The Hall–Kier alpha value is -2.25. The van der Waals surface area contributed by atoms with Crippen molar-refractivity contribution in [3.63, 3.8) is 0 Å². The second-order valence-electron chi connectivity index (χ2n) is 5.72. The van der Waals surface area contributed by atoms with Crippen LogP contribution in [0.5, 0.6) is 0 Å². The first-order chi connectivity index (χ1) is 11.2. The highest BCUT2D eigenvalue weighted by Gasteiger charge is 2.30. The molecular formula is C16H17N5OS. The van der Waals surface area contributed by atoms with Crippen molar-refractivity contribution in [3.05, 3.63) is 52.6 Å². The summed E-state index contributed by atoms with van der Waals surface area (Å²) in [6, 6.07) is 8.00. The molecule has 1 fully saturated rings. The van der Waals surface area contributed by atoms with Gasteiger partial charge in [-0.15, -0.1) is 11.3 Å². The van der Waals surface area contributed by atoms with Crippen molar-refractivity contribution in [2.45, 2.75) is 6.04 Å². The summed E-state index contributed by atoms with van der Waals surface area (Å²) in [5, 5.41) is 6.43. The monoisotopic (exact) mass is 327 g/mol. The largest absolute Gasteiger partial charge is 0.334 e. The van der Waals surface area contributed by atoms with E-state index >= 15 is 0 Å². The molecule has 6 nitrogen and oxygen atoms in total. The predicted molar refractivity (Wildman–Crippen MR) is 88.6 cm³/mol. The first kappa shape index (κ1) is 14.3. The smallest absolute Gasteiger partial charge is 0.274 e. The van der Waals surface area contributed by atoms with Gasteiger partial charge in [0.2, 0.25) is 0 Å². The lowest BCUT2D eigenvalue weighted by molar-refractivity contribution is 0.0545. The fourth-order valence-electron chi connectivity index (χ4n) is 2.94. The van der Waals surface area contributed by atoms with Gasteiger partial charge in [0, 0.05) is 43.0 Å². The van der Waals surface area contributed by atoms with Crippen molar-refractivity contribution in [1.82, 2.24) is 24.4 Å². The van der Waals surface area contributed by atoms with E-state index in [0.717, 1.165) is 13.1 Å². The number of nitrogens with zero attached hydrogens (tertiary/aromatic N) is 5. The van der Waals surface area contributed by atoms with Crippen LogP contribution in [-0.4, -0.2) is 57.0 Å². The van der Waals surface area contributed by atoms with E-state index in [1.54, 1.807) is 40.4 Å². The van der Waals surface area contributed by atoms with Crippen LogP contribution in [0.1, 0.15) is 21.4 Å². The number of fused-ring (bicyclic) bond motifs is 1. The van der Waals surface area contributed by atoms with Gasteiger partial charge in [0.05, 0.1) is 6.04 Å². The van der Waals surface area contributed by atoms with Gasteiger partial charge >= 0.3 is 0 Å². The molecule has 1 aliphatic rings. The van der Waals surface area contributed by atoms with Gasteiger partial charge in [-0.05, 0) is 24.6 Å². The quantitative estimate of drug-likeness (QED) is 0.722. The van der Waals surface area contributed by atoms with Crippen LogP contribution >= 0.6 is 11.3 Å². The van der Waals surface area contributed by atoms with Crippen molar-refractivity contribution < 1.29 is 4.79 Å². The van der Waals surface area contributed by atoms with Crippen molar-refractivity contribution in [2.75, 3.05) is 26.7 Å². The topological polar surface area (TPSA) is 53.7 Å². The molecule has 4 heterocycles. The average Bonchev–Trinajstić information content (AvgIpc) is 3.24. The standard InChI is InChI=1S/C16H17N5OS/c1-19-7-8-20(11-13(19)14-4-2-9-23-14)16(22)12-10-15-17-5-3-6-21(15)18-12/h2-6,9-10,13H,7-8,11H2,1H3. The number of likely N-dealkylation sites (N-methyl/N-ethyl adjacent to an activating group) is 1. The minimum atomic E-state index is -0.0230. The number of carbonyl (C=O) groups excluding carboxylic acids is 1. The molecule has 0 aliphatic carbocycles. The number of thiophene rings is 1. The molecule has 0 radical (unpaired) electrons. The Labute approximate surface area is 138 Å². The predicted octanol–water partition coefficient (Wildman–Crippen LogP) is 1.92. The average molecular weight is 327 g/mol. The first-order valence-electron chi connectivity index (χ1n) is 7.56. The minimum absolute atomic E-state index is 0.0230. The summed E-state index contributed by atoms with van der Waals surface area (Å²) in [5.41, 5.74) is 1.15. The van der Waals surface area contributed by atoms with Crippen molar-refractivity contribution in [1.29, 1.82) is 0 Å². The lowest BCUT2D eigenvalue weighted by Crippen LogP contribution is -2.48. The van der Waals surface area contributed by atoms with E-state index < -0.39 is 0 Å². The van der Waals surface area contributed by atoms with Gasteiger partial charge in [-0.25, -0.2) is 9.50 Å². The van der Waals surface area contributed by atoms with Gasteiger partial charge < -0.3 is 4.90 Å². The number of hydrogen-bond donors (Lipinski definition) is 0. The Morgan fingerprint density at radius 2 is 2.26 bits per heavy atom. The highest BCUT2D eigenvalue weighted by Crippen LogP contribution is 2.28. The zero-order valence-electron chi connectivity index (χ0n) is 12.8. The van der Waals surface area contributed by atoms with Crippen LogP contribution in [0.2, 0.25) is 0 Å². The molecule has 0 saturated carbocycles. The van der Waals surface area contributed by atoms with Gasteiger partial charge in [0.1, 0.15) is 0 Å². The maximum atomic E-state index is 12.8. The van der Waals surface area contributed by atoms with Crippen molar-refractivity contribution in [2.24, 2.45) is 0 Å². The van der Waals surface area contributed by atoms with E-state index in [4.69, 9.17) is 0 Å². The zero-order valence-corrected chi connectivity index (χ0v) is 13.6. The summed E-state index contributed by atoms with van der Waals surface area (Å²) in [5.74, 6) is -0.0230. The van der Waals surface area contributed by atoms with Crippen molar-refractivity contribution in [3.8, 4) is 0 Å². The number of piperazine rings is 1. The molecule has 1 amide bonds. The third-order valence-electron chi connectivity index (χ3n) is 4.26. The Bertz CT molecular complexity index is 795.